The topological polar surface area (TPSA) is 114 Å². The number of aromatic nitrogens is 2. The summed E-state index contributed by atoms with van der Waals surface area (Å²) < 4.78 is 14.3. The Labute approximate surface area is 247 Å². The molecule has 2 unspecified atom stereocenters. The van der Waals surface area contributed by atoms with Crippen molar-refractivity contribution in [3.63, 3.8) is 0 Å². The Hall–Kier alpha value is -3.72. The van der Waals surface area contributed by atoms with Crippen molar-refractivity contribution in [2.24, 2.45) is 0 Å². The molecular weight excluding hydrogens is 565 g/mol. The molecule has 3 aromatic rings. The maximum absolute atomic E-state index is 14.3. The summed E-state index contributed by atoms with van der Waals surface area (Å²) in [6.45, 7) is 7.30. The molecule has 3 amide bonds. The van der Waals surface area contributed by atoms with E-state index in [9.17, 15) is 19.2 Å². The lowest BCUT2D eigenvalue weighted by Crippen LogP contribution is -2.49. The second-order valence-corrected chi connectivity index (χ2v) is 11.0. The number of benzene rings is 1. The SMILES string of the molecule is CC.N#Cc1c(-c2cc(F)ccc2Cl)nc2c3c1N(c1ccncc1)C(=O)NC3C(C(=O)NCCN1CCCC1)S2. The van der Waals surface area contributed by atoms with Crippen LogP contribution in [0.15, 0.2) is 47.8 Å². The number of nitriles is 1. The van der Waals surface area contributed by atoms with Gasteiger partial charge in [0.2, 0.25) is 5.91 Å². The minimum absolute atomic E-state index is 0.0635. The van der Waals surface area contributed by atoms with Crippen molar-refractivity contribution in [2.75, 3.05) is 31.1 Å². The van der Waals surface area contributed by atoms with E-state index in [0.717, 1.165) is 32.5 Å². The minimum atomic E-state index is -0.700. The average Bonchev–Trinajstić information content (AvgIpc) is 3.64. The second kappa shape index (κ2) is 12.4. The summed E-state index contributed by atoms with van der Waals surface area (Å²) in [7, 11) is 0. The van der Waals surface area contributed by atoms with Crippen LogP contribution in [-0.4, -0.2) is 58.2 Å². The lowest BCUT2D eigenvalue weighted by atomic mass is 9.94. The van der Waals surface area contributed by atoms with E-state index in [0.29, 0.717) is 28.5 Å². The molecule has 0 radical (unpaired) electrons. The van der Waals surface area contributed by atoms with E-state index in [2.05, 4.69) is 26.6 Å². The summed E-state index contributed by atoms with van der Waals surface area (Å²) in [6, 6.07) is 8.10. The summed E-state index contributed by atoms with van der Waals surface area (Å²) in [4.78, 5) is 39.4. The predicted molar refractivity (Wildman–Crippen MR) is 157 cm³/mol. The van der Waals surface area contributed by atoms with Crippen LogP contribution in [-0.2, 0) is 4.79 Å². The molecule has 12 heteroatoms. The molecule has 6 rings (SSSR count). The van der Waals surface area contributed by atoms with E-state index in [4.69, 9.17) is 16.6 Å². The smallest absolute Gasteiger partial charge is 0.327 e. The van der Waals surface area contributed by atoms with Crippen LogP contribution < -0.4 is 15.5 Å². The standard InChI is InChI=1S/C27H23ClFN7O2S.C2H6/c28-19-4-3-15(29)13-17(19)21-18(14-30)23-20-22(34-27(38)36(23)16-5-7-31-8-6-16)24(39-26(20)33-21)25(37)32-9-12-35-10-1-2-11-35;1-2/h3-8,13,22,24H,1-2,9-12H2,(H,32,37)(H,34,38);1-2H3. The number of nitrogens with one attached hydrogen (secondary N) is 2. The molecule has 0 saturated carbocycles. The third-order valence-corrected chi connectivity index (χ3v) is 8.74. The third kappa shape index (κ3) is 5.47. The van der Waals surface area contributed by atoms with Crippen LogP contribution in [0.1, 0.15) is 43.9 Å². The molecule has 212 valence electrons. The number of hydrogen-bond donors (Lipinski definition) is 2. The molecule has 1 saturated heterocycles. The third-order valence-electron chi connectivity index (χ3n) is 7.13. The molecule has 0 spiro atoms. The van der Waals surface area contributed by atoms with Crippen molar-refractivity contribution in [2.45, 2.75) is 43.0 Å². The largest absolute Gasteiger partial charge is 0.354 e. The lowest BCUT2D eigenvalue weighted by Gasteiger charge is -2.35. The first kappa shape index (κ1) is 28.8. The first-order chi connectivity index (χ1) is 20.0. The van der Waals surface area contributed by atoms with Gasteiger partial charge in [-0.2, -0.15) is 5.26 Å². The fourth-order valence-corrected chi connectivity index (χ4v) is 6.80. The number of carbonyl (C=O) groups excluding carboxylic acids is 2. The van der Waals surface area contributed by atoms with Gasteiger partial charge in [0.25, 0.3) is 0 Å². The summed E-state index contributed by atoms with van der Waals surface area (Å²) >= 11 is 7.64. The van der Waals surface area contributed by atoms with Crippen LogP contribution in [0.4, 0.5) is 20.6 Å². The number of thioether (sulfide) groups is 1. The van der Waals surface area contributed by atoms with E-state index >= 15 is 0 Å². The normalized spacial score (nSPS) is 19.1. The molecule has 0 aliphatic carbocycles. The van der Waals surface area contributed by atoms with Gasteiger partial charge >= 0.3 is 6.03 Å². The number of anilines is 2. The van der Waals surface area contributed by atoms with E-state index in [1.54, 1.807) is 12.1 Å². The molecule has 1 aromatic carbocycles. The molecule has 1 fully saturated rings. The number of likely N-dealkylation sites (tertiary alicyclic amines) is 1. The maximum atomic E-state index is 14.3. The Balaban J connectivity index is 0.00000165. The van der Waals surface area contributed by atoms with Crippen molar-refractivity contribution in [1.29, 1.82) is 5.26 Å². The molecule has 41 heavy (non-hydrogen) atoms. The van der Waals surface area contributed by atoms with Gasteiger partial charge in [-0.3, -0.25) is 14.7 Å². The summed E-state index contributed by atoms with van der Waals surface area (Å²) in [5.41, 5.74) is 1.79. The molecule has 2 N–H and O–H groups in total. The number of halogens is 2. The van der Waals surface area contributed by atoms with Crippen molar-refractivity contribution in [3.05, 3.63) is 64.7 Å². The molecule has 5 heterocycles. The van der Waals surface area contributed by atoms with E-state index in [1.165, 1.54) is 47.3 Å². The van der Waals surface area contributed by atoms with Crippen LogP contribution in [0.3, 0.4) is 0 Å². The first-order valence-electron chi connectivity index (χ1n) is 13.6. The number of hydrogen-bond acceptors (Lipinski definition) is 7. The second-order valence-electron chi connectivity index (χ2n) is 9.49. The van der Waals surface area contributed by atoms with Gasteiger partial charge < -0.3 is 15.5 Å². The van der Waals surface area contributed by atoms with Gasteiger partial charge in [-0.15, -0.1) is 0 Å². The monoisotopic (exact) mass is 593 g/mol. The highest BCUT2D eigenvalue weighted by Gasteiger charge is 2.48. The number of rotatable bonds is 6. The van der Waals surface area contributed by atoms with Crippen LogP contribution >= 0.6 is 23.4 Å². The van der Waals surface area contributed by atoms with Crippen LogP contribution in [0.2, 0.25) is 5.02 Å². The number of nitrogens with zero attached hydrogens (tertiary/aromatic N) is 5. The molecule has 2 aromatic heterocycles. The fraction of sp³-hybridized carbons (Fsp3) is 0.345. The minimum Gasteiger partial charge on any atom is -0.354 e. The maximum Gasteiger partial charge on any atom is 0.327 e. The molecule has 0 bridgehead atoms. The first-order valence-corrected chi connectivity index (χ1v) is 14.8. The Morgan fingerprint density at radius 2 is 1.98 bits per heavy atom. The zero-order valence-electron chi connectivity index (χ0n) is 22.7. The van der Waals surface area contributed by atoms with Crippen LogP contribution in [0, 0.1) is 17.1 Å². The molecule has 3 aliphatic heterocycles. The van der Waals surface area contributed by atoms with Crippen molar-refractivity contribution < 1.29 is 14.0 Å². The highest BCUT2D eigenvalue weighted by Crippen LogP contribution is 2.53. The van der Waals surface area contributed by atoms with Gasteiger partial charge in [0.15, 0.2) is 0 Å². The summed E-state index contributed by atoms with van der Waals surface area (Å²) in [5.74, 6) is -0.770. The van der Waals surface area contributed by atoms with Crippen molar-refractivity contribution in [3.8, 4) is 17.3 Å². The van der Waals surface area contributed by atoms with Gasteiger partial charge in [-0.05, 0) is 56.3 Å². The Morgan fingerprint density at radius 1 is 1.24 bits per heavy atom. The number of urea groups is 1. The number of amides is 3. The predicted octanol–water partition coefficient (Wildman–Crippen LogP) is 5.42. The van der Waals surface area contributed by atoms with Gasteiger partial charge in [0.05, 0.1) is 28.1 Å². The van der Waals surface area contributed by atoms with E-state index in [1.807, 2.05) is 13.8 Å². The molecule has 9 nitrogen and oxygen atoms in total. The Morgan fingerprint density at radius 3 is 2.68 bits per heavy atom. The Bertz CT molecular complexity index is 1510. The molecule has 3 aliphatic rings. The quantitative estimate of drug-likeness (QED) is 0.392. The lowest BCUT2D eigenvalue weighted by molar-refractivity contribution is -0.121. The molecular formula is C29H29ClFN7O2S. The average molecular weight is 594 g/mol. The van der Waals surface area contributed by atoms with Gasteiger partial charge in [0, 0.05) is 36.6 Å². The summed E-state index contributed by atoms with van der Waals surface area (Å²) in [5, 5.41) is 16.3. The highest BCUT2D eigenvalue weighted by atomic mass is 35.5. The zero-order chi connectivity index (χ0) is 29.1. The Kier molecular flexibility index (Phi) is 8.73. The van der Waals surface area contributed by atoms with Crippen molar-refractivity contribution in [1.82, 2.24) is 25.5 Å². The zero-order valence-corrected chi connectivity index (χ0v) is 24.2. The van der Waals surface area contributed by atoms with Crippen LogP contribution in [0.5, 0.6) is 0 Å². The van der Waals surface area contributed by atoms with Gasteiger partial charge in [0.1, 0.15) is 27.7 Å². The van der Waals surface area contributed by atoms with Crippen molar-refractivity contribution >= 4 is 46.7 Å². The molecule has 2 atom stereocenters. The van der Waals surface area contributed by atoms with E-state index in [-0.39, 0.29) is 27.8 Å². The van der Waals surface area contributed by atoms with Gasteiger partial charge in [-0.25, -0.2) is 14.2 Å². The number of carbonyl (C=O) groups is 2. The fourth-order valence-electron chi connectivity index (χ4n) is 5.32. The van der Waals surface area contributed by atoms with Crippen LogP contribution in [0.25, 0.3) is 11.3 Å². The highest BCUT2D eigenvalue weighted by molar-refractivity contribution is 8.01. The van der Waals surface area contributed by atoms with Gasteiger partial charge in [-0.1, -0.05) is 37.2 Å². The van der Waals surface area contributed by atoms with E-state index < -0.39 is 23.1 Å². The summed E-state index contributed by atoms with van der Waals surface area (Å²) in [6.07, 6.45) is 5.41. The number of pyridine rings is 2.